The molecule has 1 aliphatic heterocycles. The summed E-state index contributed by atoms with van der Waals surface area (Å²) in [5, 5.41) is 3.09. The molecule has 1 nitrogen and oxygen atoms in total. The molecule has 0 aromatic heterocycles. The van der Waals surface area contributed by atoms with Crippen molar-refractivity contribution < 1.29 is 0 Å². The lowest BCUT2D eigenvalue weighted by atomic mass is 10.8. The molecule has 1 saturated heterocycles. The molecule has 1 aliphatic rings. The summed E-state index contributed by atoms with van der Waals surface area (Å²) in [6.45, 7) is 1.03. The summed E-state index contributed by atoms with van der Waals surface area (Å²) < 4.78 is -0.250. The maximum absolute atomic E-state index is 4.17. The minimum absolute atomic E-state index is 0.250. The Balaban J connectivity index is 2.40. The lowest BCUT2D eigenvalue weighted by Crippen LogP contribution is -2.23. The minimum Gasteiger partial charge on any atom is -0.285 e. The summed E-state index contributed by atoms with van der Waals surface area (Å²) in [5.74, 6) is 1.12. The van der Waals surface area contributed by atoms with E-state index in [4.69, 9.17) is 0 Å². The molecule has 1 fully saturated rings. The fourth-order valence-electron chi connectivity index (χ4n) is 0.458. The largest absolute Gasteiger partial charge is 0.285 e. The average Bonchev–Trinajstić information content (AvgIpc) is 1.84. The highest BCUT2D eigenvalue weighted by atomic mass is 32.2. The van der Waals surface area contributed by atoms with Gasteiger partial charge in [-0.15, -0.1) is 37.0 Å². The Morgan fingerprint density at radius 3 is 2.43 bits per heavy atom. The van der Waals surface area contributed by atoms with Gasteiger partial charge in [-0.2, -0.15) is 0 Å². The number of rotatable bonds is 0. The molecule has 7 heavy (non-hydrogen) atoms. The molecular formula is C3H7NS3. The lowest BCUT2D eigenvalue weighted by Gasteiger charge is -2.11. The molecule has 1 rings (SSSR count). The van der Waals surface area contributed by atoms with Crippen LogP contribution in [0.4, 0.5) is 0 Å². The van der Waals surface area contributed by atoms with Gasteiger partial charge in [0.2, 0.25) is 0 Å². The second kappa shape index (κ2) is 2.09. The fourth-order valence-corrected chi connectivity index (χ4v) is 1.92. The maximum Gasteiger partial charge on any atom is 0.153 e. The molecule has 1 N–H and O–H groups in total. The Morgan fingerprint density at radius 1 is 1.57 bits per heavy atom. The van der Waals surface area contributed by atoms with E-state index in [-0.39, 0.29) is 3.54 Å². The van der Waals surface area contributed by atoms with Gasteiger partial charge in [0.05, 0.1) is 0 Å². The topological polar surface area (TPSA) is 12.0 Å². The second-order valence-electron chi connectivity index (χ2n) is 1.38. The number of hydrogen-bond acceptors (Lipinski definition) is 4. The van der Waals surface area contributed by atoms with Crippen molar-refractivity contribution in [3.8, 4) is 0 Å². The van der Waals surface area contributed by atoms with Crippen molar-refractivity contribution in [3.05, 3.63) is 0 Å². The molecule has 0 radical (unpaired) electrons. The number of thiol groups is 2. The summed E-state index contributed by atoms with van der Waals surface area (Å²) in [6, 6.07) is 0. The van der Waals surface area contributed by atoms with Gasteiger partial charge in [-0.25, -0.2) is 0 Å². The third kappa shape index (κ3) is 1.76. The number of thioether (sulfide) groups is 1. The van der Waals surface area contributed by atoms with Crippen molar-refractivity contribution >= 4 is 37.0 Å². The molecule has 1 heterocycles. The standard InChI is InChI=1S/C3H7NS3/c5-3(6)4-1-2-7-3/h4-6H,1-2H2. The van der Waals surface area contributed by atoms with Gasteiger partial charge < -0.3 is 0 Å². The molecule has 4 heteroatoms. The first-order valence-corrected chi connectivity index (χ1v) is 3.92. The van der Waals surface area contributed by atoms with Crippen molar-refractivity contribution in [2.75, 3.05) is 12.3 Å². The molecule has 0 aromatic carbocycles. The molecular weight excluding hydrogens is 146 g/mol. The zero-order chi connectivity index (χ0) is 5.33. The van der Waals surface area contributed by atoms with Gasteiger partial charge in [0.1, 0.15) is 0 Å². The third-order valence-corrected chi connectivity index (χ3v) is 2.81. The molecule has 0 aliphatic carbocycles. The van der Waals surface area contributed by atoms with Gasteiger partial charge in [0.25, 0.3) is 0 Å². The van der Waals surface area contributed by atoms with E-state index >= 15 is 0 Å². The van der Waals surface area contributed by atoms with Crippen LogP contribution in [-0.2, 0) is 0 Å². The predicted molar refractivity (Wildman–Crippen MR) is 41.2 cm³/mol. The first kappa shape index (κ1) is 6.13. The molecule has 0 amide bonds. The van der Waals surface area contributed by atoms with Crippen LogP contribution in [0.25, 0.3) is 0 Å². The normalized spacial score (nSPS) is 28.3. The molecule has 0 unspecified atom stereocenters. The fraction of sp³-hybridized carbons (Fsp3) is 1.00. The zero-order valence-corrected chi connectivity index (χ0v) is 6.32. The van der Waals surface area contributed by atoms with Crippen LogP contribution in [0.3, 0.4) is 0 Å². The second-order valence-corrected chi connectivity index (χ2v) is 4.99. The Labute approximate surface area is 58.4 Å². The maximum atomic E-state index is 4.17. The third-order valence-electron chi connectivity index (χ3n) is 0.761. The van der Waals surface area contributed by atoms with Crippen LogP contribution >= 0.6 is 37.0 Å². The Bertz CT molecular complexity index is 64.6. The predicted octanol–water partition coefficient (Wildman–Crippen LogP) is 0.794. The van der Waals surface area contributed by atoms with Gasteiger partial charge in [-0.05, 0) is 0 Å². The van der Waals surface area contributed by atoms with Crippen LogP contribution in [0.2, 0.25) is 0 Å². The molecule has 0 spiro atoms. The lowest BCUT2D eigenvalue weighted by molar-refractivity contribution is 0.829. The van der Waals surface area contributed by atoms with Crippen LogP contribution in [0, 0.1) is 0 Å². The van der Waals surface area contributed by atoms with Crippen molar-refractivity contribution in [2.24, 2.45) is 0 Å². The molecule has 0 saturated carbocycles. The molecule has 0 bridgehead atoms. The monoisotopic (exact) mass is 153 g/mol. The van der Waals surface area contributed by atoms with Gasteiger partial charge >= 0.3 is 0 Å². The molecule has 0 aromatic rings. The van der Waals surface area contributed by atoms with Gasteiger partial charge in [-0.3, -0.25) is 5.32 Å². The number of hydrogen-bond donors (Lipinski definition) is 3. The quantitative estimate of drug-likeness (QED) is 0.351. The van der Waals surface area contributed by atoms with Crippen molar-refractivity contribution in [2.45, 2.75) is 3.54 Å². The van der Waals surface area contributed by atoms with E-state index < -0.39 is 0 Å². The van der Waals surface area contributed by atoms with Crippen molar-refractivity contribution in [1.82, 2.24) is 5.32 Å². The van der Waals surface area contributed by atoms with Crippen LogP contribution in [0.15, 0.2) is 0 Å². The average molecular weight is 153 g/mol. The minimum atomic E-state index is -0.250. The van der Waals surface area contributed by atoms with E-state index in [0.717, 1.165) is 12.3 Å². The highest BCUT2D eigenvalue weighted by Crippen LogP contribution is 2.33. The van der Waals surface area contributed by atoms with E-state index in [1.54, 1.807) is 11.8 Å². The highest BCUT2D eigenvalue weighted by molar-refractivity contribution is 8.24. The first-order chi connectivity index (χ1) is 3.21. The van der Waals surface area contributed by atoms with Crippen molar-refractivity contribution in [1.29, 1.82) is 0 Å². The summed E-state index contributed by atoms with van der Waals surface area (Å²) >= 11 is 10.0. The zero-order valence-electron chi connectivity index (χ0n) is 3.72. The van der Waals surface area contributed by atoms with Gasteiger partial charge in [0, 0.05) is 12.3 Å². The smallest absolute Gasteiger partial charge is 0.153 e. The summed E-state index contributed by atoms with van der Waals surface area (Å²) in [5.41, 5.74) is 0. The van der Waals surface area contributed by atoms with Crippen LogP contribution in [-0.4, -0.2) is 15.8 Å². The molecule has 42 valence electrons. The van der Waals surface area contributed by atoms with Crippen LogP contribution in [0.5, 0.6) is 0 Å². The number of nitrogens with one attached hydrogen (secondary N) is 1. The van der Waals surface area contributed by atoms with Gasteiger partial charge in [-0.1, -0.05) is 0 Å². The van der Waals surface area contributed by atoms with E-state index in [9.17, 15) is 0 Å². The SMILES string of the molecule is SC1(S)NCCS1. The molecule has 0 atom stereocenters. The summed E-state index contributed by atoms with van der Waals surface area (Å²) in [6.07, 6.45) is 0. The Morgan fingerprint density at radius 2 is 2.29 bits per heavy atom. The van der Waals surface area contributed by atoms with E-state index in [2.05, 4.69) is 30.6 Å². The van der Waals surface area contributed by atoms with E-state index in [1.165, 1.54) is 0 Å². The van der Waals surface area contributed by atoms with E-state index in [1.807, 2.05) is 0 Å². The van der Waals surface area contributed by atoms with Crippen LogP contribution < -0.4 is 5.32 Å². The Kier molecular flexibility index (Phi) is 1.83. The van der Waals surface area contributed by atoms with Gasteiger partial charge in [0.15, 0.2) is 3.54 Å². The Hall–Kier alpha value is 1.01. The van der Waals surface area contributed by atoms with E-state index in [0.29, 0.717) is 0 Å². The summed E-state index contributed by atoms with van der Waals surface area (Å²) in [4.78, 5) is 0. The highest BCUT2D eigenvalue weighted by Gasteiger charge is 2.24. The van der Waals surface area contributed by atoms with Crippen LogP contribution in [0.1, 0.15) is 0 Å². The first-order valence-electron chi connectivity index (χ1n) is 2.04. The van der Waals surface area contributed by atoms with Crippen molar-refractivity contribution in [3.63, 3.8) is 0 Å². The summed E-state index contributed by atoms with van der Waals surface area (Å²) in [7, 11) is 0.